The molecule has 0 aliphatic carbocycles. The van der Waals surface area contributed by atoms with Crippen molar-refractivity contribution in [3.8, 4) is 0 Å². The van der Waals surface area contributed by atoms with Gasteiger partial charge < -0.3 is 9.67 Å². The summed E-state index contributed by atoms with van der Waals surface area (Å²) in [4.78, 5) is 4.49. The van der Waals surface area contributed by atoms with Crippen LogP contribution in [0.5, 0.6) is 0 Å². The van der Waals surface area contributed by atoms with Gasteiger partial charge in [-0.3, -0.25) is 0 Å². The molecule has 92 valence electrons. The van der Waals surface area contributed by atoms with Gasteiger partial charge in [-0.25, -0.2) is 4.98 Å². The number of hydrogen-bond donors (Lipinski definition) is 1. The fourth-order valence-electron chi connectivity index (χ4n) is 2.13. The van der Waals surface area contributed by atoms with Gasteiger partial charge in [-0.05, 0) is 37.0 Å². The number of aliphatic hydroxyl groups is 1. The van der Waals surface area contributed by atoms with E-state index in [9.17, 15) is 5.11 Å². The Kier molecular flexibility index (Phi) is 3.20. The number of hydrogen-bond acceptors (Lipinski definition) is 2. The zero-order valence-electron chi connectivity index (χ0n) is 10.9. The van der Waals surface area contributed by atoms with E-state index in [1.165, 1.54) is 0 Å². The van der Waals surface area contributed by atoms with Crippen LogP contribution in [0, 0.1) is 12.8 Å². The number of aromatic nitrogens is 2. The van der Waals surface area contributed by atoms with Crippen LogP contribution >= 0.6 is 0 Å². The van der Waals surface area contributed by atoms with Gasteiger partial charge in [0, 0.05) is 7.05 Å². The Hall–Kier alpha value is -1.35. The van der Waals surface area contributed by atoms with Crippen molar-refractivity contribution in [1.29, 1.82) is 0 Å². The second-order valence-electron chi connectivity index (χ2n) is 5.11. The molecule has 0 radical (unpaired) electrons. The molecule has 0 spiro atoms. The summed E-state index contributed by atoms with van der Waals surface area (Å²) >= 11 is 0. The van der Waals surface area contributed by atoms with E-state index >= 15 is 0 Å². The standard InChI is InChI=1S/C14H20N2O/c1-9(2)7-14(17)11-5-6-13-12(8-11)15-10(3)16(13)4/h5-6,8-9,14,17H,7H2,1-4H3. The van der Waals surface area contributed by atoms with Gasteiger partial charge >= 0.3 is 0 Å². The number of aliphatic hydroxyl groups excluding tert-OH is 1. The predicted molar refractivity (Wildman–Crippen MR) is 69.9 cm³/mol. The summed E-state index contributed by atoms with van der Waals surface area (Å²) < 4.78 is 2.06. The molecule has 3 nitrogen and oxygen atoms in total. The number of benzene rings is 1. The van der Waals surface area contributed by atoms with Gasteiger partial charge in [-0.1, -0.05) is 19.9 Å². The summed E-state index contributed by atoms with van der Waals surface area (Å²) in [5.41, 5.74) is 3.04. The summed E-state index contributed by atoms with van der Waals surface area (Å²) in [7, 11) is 2.01. The lowest BCUT2D eigenvalue weighted by Gasteiger charge is -2.13. The summed E-state index contributed by atoms with van der Waals surface area (Å²) in [6.45, 7) is 6.23. The van der Waals surface area contributed by atoms with Crippen molar-refractivity contribution in [2.24, 2.45) is 13.0 Å². The average Bonchev–Trinajstić information content (AvgIpc) is 2.53. The molecule has 1 aromatic carbocycles. The molecule has 1 aromatic heterocycles. The Morgan fingerprint density at radius 1 is 1.35 bits per heavy atom. The molecule has 0 fully saturated rings. The molecule has 3 heteroatoms. The van der Waals surface area contributed by atoms with E-state index in [2.05, 4.69) is 23.4 Å². The second kappa shape index (κ2) is 4.49. The molecule has 0 aliphatic rings. The molecule has 2 aromatic rings. The highest BCUT2D eigenvalue weighted by atomic mass is 16.3. The first-order valence-corrected chi connectivity index (χ1v) is 6.10. The molecule has 1 heterocycles. The van der Waals surface area contributed by atoms with E-state index < -0.39 is 0 Å². The van der Waals surface area contributed by atoms with Crippen molar-refractivity contribution in [3.05, 3.63) is 29.6 Å². The first kappa shape index (κ1) is 12.1. The van der Waals surface area contributed by atoms with Crippen LogP contribution in [0.3, 0.4) is 0 Å². The Morgan fingerprint density at radius 3 is 2.71 bits per heavy atom. The third kappa shape index (κ3) is 2.34. The van der Waals surface area contributed by atoms with E-state index in [-0.39, 0.29) is 6.10 Å². The predicted octanol–water partition coefficient (Wildman–Crippen LogP) is 2.96. The largest absolute Gasteiger partial charge is 0.388 e. The minimum absolute atomic E-state index is 0.387. The maximum absolute atomic E-state index is 10.1. The number of nitrogens with zero attached hydrogens (tertiary/aromatic N) is 2. The molecular formula is C14H20N2O. The highest BCUT2D eigenvalue weighted by Crippen LogP contribution is 2.24. The molecule has 2 rings (SSSR count). The molecule has 17 heavy (non-hydrogen) atoms. The van der Waals surface area contributed by atoms with Gasteiger partial charge in [0.25, 0.3) is 0 Å². The topological polar surface area (TPSA) is 38.1 Å². The number of imidazole rings is 1. The monoisotopic (exact) mass is 232 g/mol. The molecule has 0 saturated carbocycles. The van der Waals surface area contributed by atoms with Crippen LogP contribution < -0.4 is 0 Å². The van der Waals surface area contributed by atoms with Crippen molar-refractivity contribution in [2.75, 3.05) is 0 Å². The zero-order valence-corrected chi connectivity index (χ0v) is 10.9. The van der Waals surface area contributed by atoms with Crippen LogP contribution in [-0.2, 0) is 7.05 Å². The Labute approximate surface area is 102 Å². The number of fused-ring (bicyclic) bond motifs is 1. The molecule has 0 saturated heterocycles. The van der Waals surface area contributed by atoms with Crippen LogP contribution in [0.25, 0.3) is 11.0 Å². The second-order valence-corrected chi connectivity index (χ2v) is 5.11. The lowest BCUT2D eigenvalue weighted by atomic mass is 9.99. The fourth-order valence-corrected chi connectivity index (χ4v) is 2.13. The van der Waals surface area contributed by atoms with Gasteiger partial charge in [0.15, 0.2) is 0 Å². The molecule has 1 atom stereocenters. The Bertz CT molecular complexity index is 528. The lowest BCUT2D eigenvalue weighted by molar-refractivity contribution is 0.151. The number of aryl methyl sites for hydroxylation is 2. The van der Waals surface area contributed by atoms with Crippen LogP contribution in [0.2, 0.25) is 0 Å². The van der Waals surface area contributed by atoms with E-state index in [1.54, 1.807) is 0 Å². The Morgan fingerprint density at radius 2 is 2.06 bits per heavy atom. The zero-order chi connectivity index (χ0) is 12.6. The van der Waals surface area contributed by atoms with Crippen LogP contribution in [0.4, 0.5) is 0 Å². The lowest BCUT2D eigenvalue weighted by Crippen LogP contribution is -2.01. The van der Waals surface area contributed by atoms with Gasteiger partial charge in [0.2, 0.25) is 0 Å². The molecule has 0 amide bonds. The average molecular weight is 232 g/mol. The third-order valence-electron chi connectivity index (χ3n) is 3.21. The molecule has 1 N–H and O–H groups in total. The summed E-state index contributed by atoms with van der Waals surface area (Å²) in [5, 5.41) is 10.1. The van der Waals surface area contributed by atoms with Crippen molar-refractivity contribution in [3.63, 3.8) is 0 Å². The van der Waals surface area contributed by atoms with Crippen LogP contribution in [0.15, 0.2) is 18.2 Å². The molecule has 1 unspecified atom stereocenters. The van der Waals surface area contributed by atoms with Crippen molar-refractivity contribution in [2.45, 2.75) is 33.3 Å². The van der Waals surface area contributed by atoms with Crippen molar-refractivity contribution in [1.82, 2.24) is 9.55 Å². The summed E-state index contributed by atoms with van der Waals surface area (Å²) in [6.07, 6.45) is 0.402. The van der Waals surface area contributed by atoms with Crippen LogP contribution in [-0.4, -0.2) is 14.7 Å². The molecule has 0 bridgehead atoms. The number of rotatable bonds is 3. The van der Waals surface area contributed by atoms with Gasteiger partial charge in [-0.2, -0.15) is 0 Å². The van der Waals surface area contributed by atoms with Crippen LogP contribution in [0.1, 0.15) is 37.8 Å². The third-order valence-corrected chi connectivity index (χ3v) is 3.21. The molecule has 0 aliphatic heterocycles. The van der Waals surface area contributed by atoms with Crippen molar-refractivity contribution < 1.29 is 5.11 Å². The molecular weight excluding hydrogens is 212 g/mol. The summed E-state index contributed by atoms with van der Waals surface area (Å²) in [6, 6.07) is 6.03. The normalized spacial score (nSPS) is 13.5. The minimum Gasteiger partial charge on any atom is -0.388 e. The van der Waals surface area contributed by atoms with E-state index in [0.29, 0.717) is 5.92 Å². The minimum atomic E-state index is -0.387. The van der Waals surface area contributed by atoms with Crippen molar-refractivity contribution >= 4 is 11.0 Å². The van der Waals surface area contributed by atoms with E-state index in [1.807, 2.05) is 32.2 Å². The summed E-state index contributed by atoms with van der Waals surface area (Å²) in [5.74, 6) is 1.49. The Balaban J connectivity index is 2.38. The maximum atomic E-state index is 10.1. The van der Waals surface area contributed by atoms with Gasteiger partial charge in [-0.15, -0.1) is 0 Å². The highest BCUT2D eigenvalue weighted by molar-refractivity contribution is 5.76. The first-order chi connectivity index (χ1) is 7.99. The SMILES string of the molecule is Cc1nc2cc(C(O)CC(C)C)ccc2n1C. The fraction of sp³-hybridized carbons (Fsp3) is 0.500. The van der Waals surface area contributed by atoms with E-state index in [4.69, 9.17) is 0 Å². The van der Waals surface area contributed by atoms with E-state index in [0.717, 1.165) is 28.8 Å². The maximum Gasteiger partial charge on any atom is 0.106 e. The van der Waals surface area contributed by atoms with Gasteiger partial charge in [0.05, 0.1) is 17.1 Å². The quantitative estimate of drug-likeness (QED) is 0.883. The highest BCUT2D eigenvalue weighted by Gasteiger charge is 2.12. The van der Waals surface area contributed by atoms with Gasteiger partial charge in [0.1, 0.15) is 5.82 Å². The first-order valence-electron chi connectivity index (χ1n) is 6.10. The smallest absolute Gasteiger partial charge is 0.106 e.